The highest BCUT2D eigenvalue weighted by molar-refractivity contribution is 5.85. The summed E-state index contributed by atoms with van der Waals surface area (Å²) in [6.07, 6.45) is 0.144. The molecule has 0 radical (unpaired) electrons. The Labute approximate surface area is 75.0 Å². The van der Waals surface area contributed by atoms with E-state index in [9.17, 15) is 0 Å². The Hall–Kier alpha value is -0.570. The first-order chi connectivity index (χ1) is 5.38. The molecule has 0 saturated heterocycles. The molecular weight excluding hydrogens is 152 g/mol. The number of aliphatic imine (C=N–C) groups is 1. The molecule has 0 aromatic carbocycles. The minimum Gasteiger partial charge on any atom is -0.387 e. The van der Waals surface area contributed by atoms with Crippen molar-refractivity contribution in [3.8, 4) is 0 Å². The molecule has 12 heavy (non-hydrogen) atoms. The van der Waals surface area contributed by atoms with Crippen molar-refractivity contribution in [3.05, 3.63) is 0 Å². The topological polar surface area (TPSA) is 47.6 Å². The van der Waals surface area contributed by atoms with E-state index in [4.69, 9.17) is 10.5 Å². The lowest BCUT2D eigenvalue weighted by molar-refractivity contribution is 0.125. The number of methoxy groups -OCH3 is 1. The Morgan fingerprint density at radius 3 is 2.33 bits per heavy atom. The van der Waals surface area contributed by atoms with Crippen LogP contribution in [0, 0.1) is 5.41 Å². The maximum absolute atomic E-state index is 5.75. The largest absolute Gasteiger partial charge is 0.387 e. The summed E-state index contributed by atoms with van der Waals surface area (Å²) >= 11 is 0. The summed E-state index contributed by atoms with van der Waals surface area (Å²) in [5.74, 6) is 0.686. The number of hydrogen-bond donors (Lipinski definition) is 1. The Balaban J connectivity index is 4.01. The number of nitrogens with two attached hydrogens (primary N) is 1. The lowest BCUT2D eigenvalue weighted by Crippen LogP contribution is -2.30. The van der Waals surface area contributed by atoms with Gasteiger partial charge >= 0.3 is 0 Å². The summed E-state index contributed by atoms with van der Waals surface area (Å²) in [5.41, 5.74) is 5.71. The fourth-order valence-electron chi connectivity index (χ4n) is 0.539. The van der Waals surface area contributed by atoms with Gasteiger partial charge in [-0.05, 0) is 6.92 Å². The molecule has 1 unspecified atom stereocenters. The SMILES string of the molecule is COC(C)CN=C(N)C(C)(C)C. The molecule has 0 amide bonds. The van der Waals surface area contributed by atoms with E-state index in [0.29, 0.717) is 12.4 Å². The predicted octanol–water partition coefficient (Wildman–Crippen LogP) is 1.42. The lowest BCUT2D eigenvalue weighted by atomic mass is 9.95. The van der Waals surface area contributed by atoms with Crippen molar-refractivity contribution in [2.45, 2.75) is 33.8 Å². The molecule has 0 saturated carbocycles. The third kappa shape index (κ3) is 4.34. The molecule has 2 N–H and O–H groups in total. The van der Waals surface area contributed by atoms with Crippen LogP contribution in [0.1, 0.15) is 27.7 Å². The zero-order chi connectivity index (χ0) is 9.78. The monoisotopic (exact) mass is 172 g/mol. The van der Waals surface area contributed by atoms with Crippen LogP contribution in [0.4, 0.5) is 0 Å². The van der Waals surface area contributed by atoms with Gasteiger partial charge in [-0.3, -0.25) is 4.99 Å². The summed E-state index contributed by atoms with van der Waals surface area (Å²) in [4.78, 5) is 4.24. The zero-order valence-electron chi connectivity index (χ0n) is 8.72. The van der Waals surface area contributed by atoms with Crippen LogP contribution < -0.4 is 5.73 Å². The van der Waals surface area contributed by atoms with Crippen LogP contribution in [0.2, 0.25) is 0 Å². The molecule has 0 aliphatic rings. The quantitative estimate of drug-likeness (QED) is 0.517. The minimum atomic E-state index is -0.0343. The number of ether oxygens (including phenoxy) is 1. The van der Waals surface area contributed by atoms with Crippen LogP contribution in [-0.2, 0) is 4.74 Å². The molecule has 3 heteroatoms. The zero-order valence-corrected chi connectivity index (χ0v) is 8.72. The summed E-state index contributed by atoms with van der Waals surface area (Å²) in [6, 6.07) is 0. The predicted molar refractivity (Wildman–Crippen MR) is 52.4 cm³/mol. The second kappa shape index (κ2) is 4.45. The summed E-state index contributed by atoms with van der Waals surface area (Å²) in [6.45, 7) is 8.74. The molecular formula is C9H20N2O. The molecule has 0 rings (SSSR count). The molecule has 0 aromatic heterocycles. The van der Waals surface area contributed by atoms with Crippen molar-refractivity contribution in [2.24, 2.45) is 16.1 Å². The van der Waals surface area contributed by atoms with E-state index in [1.165, 1.54) is 0 Å². The van der Waals surface area contributed by atoms with Crippen LogP contribution in [0.3, 0.4) is 0 Å². The first-order valence-electron chi connectivity index (χ1n) is 4.21. The maximum atomic E-state index is 5.75. The first-order valence-corrected chi connectivity index (χ1v) is 4.21. The fraction of sp³-hybridized carbons (Fsp3) is 0.889. The van der Waals surface area contributed by atoms with Crippen LogP contribution in [0.5, 0.6) is 0 Å². The lowest BCUT2D eigenvalue weighted by Gasteiger charge is -2.18. The third-order valence-electron chi connectivity index (χ3n) is 1.69. The molecule has 0 spiro atoms. The van der Waals surface area contributed by atoms with Gasteiger partial charge < -0.3 is 10.5 Å². The van der Waals surface area contributed by atoms with Crippen molar-refractivity contribution in [1.82, 2.24) is 0 Å². The van der Waals surface area contributed by atoms with Crippen molar-refractivity contribution >= 4 is 5.84 Å². The van der Waals surface area contributed by atoms with E-state index in [2.05, 4.69) is 4.99 Å². The Morgan fingerprint density at radius 2 is 2.00 bits per heavy atom. The summed E-state index contributed by atoms with van der Waals surface area (Å²) < 4.78 is 5.05. The average Bonchev–Trinajstić information content (AvgIpc) is 1.97. The third-order valence-corrected chi connectivity index (χ3v) is 1.69. The highest BCUT2D eigenvalue weighted by atomic mass is 16.5. The van der Waals surface area contributed by atoms with Crippen molar-refractivity contribution < 1.29 is 4.74 Å². The van der Waals surface area contributed by atoms with Crippen molar-refractivity contribution in [3.63, 3.8) is 0 Å². The second-order valence-corrected chi connectivity index (χ2v) is 4.02. The van der Waals surface area contributed by atoms with Gasteiger partial charge in [-0.1, -0.05) is 20.8 Å². The Morgan fingerprint density at radius 1 is 1.50 bits per heavy atom. The molecule has 0 aromatic rings. The van der Waals surface area contributed by atoms with Gasteiger partial charge in [0.25, 0.3) is 0 Å². The first kappa shape index (κ1) is 11.4. The molecule has 1 atom stereocenters. The maximum Gasteiger partial charge on any atom is 0.0992 e. The van der Waals surface area contributed by atoms with Crippen LogP contribution in [0.25, 0.3) is 0 Å². The van der Waals surface area contributed by atoms with E-state index in [-0.39, 0.29) is 11.5 Å². The highest BCUT2D eigenvalue weighted by Crippen LogP contribution is 2.12. The van der Waals surface area contributed by atoms with E-state index in [1.54, 1.807) is 7.11 Å². The van der Waals surface area contributed by atoms with Gasteiger partial charge in [0.05, 0.1) is 18.5 Å². The number of amidine groups is 1. The van der Waals surface area contributed by atoms with E-state index >= 15 is 0 Å². The standard InChI is InChI=1S/C9H20N2O/c1-7(12-5)6-11-8(10)9(2,3)4/h7H,6H2,1-5H3,(H2,10,11). The normalized spacial score (nSPS) is 16.2. The molecule has 3 nitrogen and oxygen atoms in total. The molecule has 0 aliphatic heterocycles. The van der Waals surface area contributed by atoms with Gasteiger partial charge in [-0.2, -0.15) is 0 Å². The summed E-state index contributed by atoms with van der Waals surface area (Å²) in [7, 11) is 1.67. The van der Waals surface area contributed by atoms with Crippen molar-refractivity contribution in [2.75, 3.05) is 13.7 Å². The van der Waals surface area contributed by atoms with Gasteiger partial charge in [0, 0.05) is 12.5 Å². The Kier molecular flexibility index (Phi) is 4.24. The Bertz CT molecular complexity index is 158. The van der Waals surface area contributed by atoms with Gasteiger partial charge in [0.1, 0.15) is 0 Å². The smallest absolute Gasteiger partial charge is 0.0992 e. The van der Waals surface area contributed by atoms with Gasteiger partial charge in [-0.25, -0.2) is 0 Å². The molecule has 0 heterocycles. The molecule has 0 fully saturated rings. The van der Waals surface area contributed by atoms with Crippen LogP contribution in [0.15, 0.2) is 4.99 Å². The van der Waals surface area contributed by atoms with Crippen LogP contribution in [-0.4, -0.2) is 25.6 Å². The average molecular weight is 172 g/mol. The molecule has 0 bridgehead atoms. The van der Waals surface area contributed by atoms with Crippen LogP contribution >= 0.6 is 0 Å². The number of nitrogens with zero attached hydrogens (tertiary/aromatic N) is 1. The molecule has 0 aliphatic carbocycles. The van der Waals surface area contributed by atoms with E-state index < -0.39 is 0 Å². The van der Waals surface area contributed by atoms with Gasteiger partial charge in [0.2, 0.25) is 0 Å². The van der Waals surface area contributed by atoms with Crippen molar-refractivity contribution in [1.29, 1.82) is 0 Å². The van der Waals surface area contributed by atoms with E-state index in [0.717, 1.165) is 0 Å². The fourth-order valence-corrected chi connectivity index (χ4v) is 0.539. The number of rotatable bonds is 3. The minimum absolute atomic E-state index is 0.0343. The molecule has 72 valence electrons. The highest BCUT2D eigenvalue weighted by Gasteiger charge is 2.15. The van der Waals surface area contributed by atoms with E-state index in [1.807, 2.05) is 27.7 Å². The summed E-state index contributed by atoms with van der Waals surface area (Å²) in [5, 5.41) is 0. The van der Waals surface area contributed by atoms with Gasteiger partial charge in [-0.15, -0.1) is 0 Å². The second-order valence-electron chi connectivity index (χ2n) is 4.02. The van der Waals surface area contributed by atoms with Gasteiger partial charge in [0.15, 0.2) is 0 Å². The number of hydrogen-bond acceptors (Lipinski definition) is 2.